The van der Waals surface area contributed by atoms with Gasteiger partial charge in [-0.1, -0.05) is 33.7 Å². The van der Waals surface area contributed by atoms with Gasteiger partial charge in [-0.15, -0.1) is 0 Å². The molecule has 2 aromatic rings. The van der Waals surface area contributed by atoms with Crippen molar-refractivity contribution in [1.29, 1.82) is 0 Å². The number of hydrogen-bond acceptors (Lipinski definition) is 6. The van der Waals surface area contributed by atoms with Crippen LogP contribution in [0.25, 0.3) is 6.08 Å². The molecule has 2 aliphatic rings. The van der Waals surface area contributed by atoms with Crippen LogP contribution in [0, 0.1) is 5.41 Å². The summed E-state index contributed by atoms with van der Waals surface area (Å²) in [7, 11) is 5.62. The van der Waals surface area contributed by atoms with Gasteiger partial charge >= 0.3 is 0 Å². The molecule has 1 fully saturated rings. The average molecular weight is 527 g/mol. The molecule has 36 heavy (non-hydrogen) atoms. The summed E-state index contributed by atoms with van der Waals surface area (Å²) in [5, 5.41) is 21.7. The topological polar surface area (TPSA) is 75.8 Å². The summed E-state index contributed by atoms with van der Waals surface area (Å²) in [5.41, 5.74) is 5.88. The summed E-state index contributed by atoms with van der Waals surface area (Å²) in [4.78, 5) is 14.9. The standard InChI is InChI=1S/C28H35N3O3S2/c1-27(2)23-17-21(29-26(34)28(3)18-35-36-19-28)8-11-24(23)30(4)25(27)12-7-20-5-9-22(10-6-20)31(13-15-32)14-16-33/h5-12,17,32-33H,13-16,18-19H2,1-4H3/p+1. The van der Waals surface area contributed by atoms with Crippen molar-refractivity contribution in [3.8, 4) is 0 Å². The van der Waals surface area contributed by atoms with E-state index in [1.807, 2.05) is 30.0 Å². The number of benzene rings is 2. The van der Waals surface area contributed by atoms with E-state index in [4.69, 9.17) is 0 Å². The van der Waals surface area contributed by atoms with Crippen LogP contribution in [0.1, 0.15) is 31.9 Å². The Bertz CT molecular complexity index is 1160. The summed E-state index contributed by atoms with van der Waals surface area (Å²) in [6.45, 7) is 7.55. The molecule has 2 heterocycles. The molecule has 1 amide bonds. The molecule has 0 radical (unpaired) electrons. The highest BCUT2D eigenvalue weighted by Crippen LogP contribution is 2.44. The van der Waals surface area contributed by atoms with Gasteiger partial charge in [0.1, 0.15) is 7.05 Å². The Kier molecular flexibility index (Phi) is 8.19. The molecule has 0 atom stereocenters. The van der Waals surface area contributed by atoms with Crippen molar-refractivity contribution < 1.29 is 19.6 Å². The average Bonchev–Trinajstić information content (AvgIpc) is 3.38. The molecule has 4 rings (SSSR count). The third kappa shape index (κ3) is 5.37. The summed E-state index contributed by atoms with van der Waals surface area (Å²) in [6, 6.07) is 14.4. The summed E-state index contributed by atoms with van der Waals surface area (Å²) in [6.07, 6.45) is 4.28. The lowest BCUT2D eigenvalue weighted by Crippen LogP contribution is -2.35. The van der Waals surface area contributed by atoms with Crippen molar-refractivity contribution in [2.75, 3.05) is 55.1 Å². The number of carbonyl (C=O) groups is 1. The number of rotatable bonds is 9. The lowest BCUT2D eigenvalue weighted by molar-refractivity contribution is -0.401. The van der Waals surface area contributed by atoms with E-state index in [0.29, 0.717) is 13.1 Å². The highest BCUT2D eigenvalue weighted by molar-refractivity contribution is 8.77. The largest absolute Gasteiger partial charge is 0.395 e. The van der Waals surface area contributed by atoms with Gasteiger partial charge in [-0.3, -0.25) is 4.79 Å². The zero-order chi connectivity index (χ0) is 25.9. The zero-order valence-corrected chi connectivity index (χ0v) is 23.1. The Morgan fingerprint density at radius 2 is 1.67 bits per heavy atom. The number of nitrogens with one attached hydrogen (secondary N) is 1. The summed E-state index contributed by atoms with van der Waals surface area (Å²) in [5.74, 6) is 1.77. The number of allylic oxidation sites excluding steroid dienone is 1. The lowest BCUT2D eigenvalue weighted by atomic mass is 9.81. The second-order valence-corrected chi connectivity index (χ2v) is 12.7. The van der Waals surface area contributed by atoms with Crippen molar-refractivity contribution in [3.05, 3.63) is 59.7 Å². The molecule has 0 aromatic heterocycles. The molecule has 8 heteroatoms. The van der Waals surface area contributed by atoms with Crippen molar-refractivity contribution >= 4 is 56.3 Å². The third-order valence-corrected chi connectivity index (χ3v) is 9.99. The van der Waals surface area contributed by atoms with E-state index in [-0.39, 0.29) is 30.0 Å². The van der Waals surface area contributed by atoms with E-state index in [1.54, 1.807) is 21.6 Å². The maximum absolute atomic E-state index is 12.9. The molecule has 6 nitrogen and oxygen atoms in total. The highest BCUT2D eigenvalue weighted by Gasteiger charge is 2.43. The molecule has 2 aliphatic heterocycles. The zero-order valence-electron chi connectivity index (χ0n) is 21.5. The second kappa shape index (κ2) is 11.0. The Labute approximate surface area is 221 Å². The van der Waals surface area contributed by atoms with Crippen LogP contribution < -0.4 is 10.2 Å². The van der Waals surface area contributed by atoms with E-state index in [1.165, 1.54) is 11.3 Å². The maximum atomic E-state index is 12.9. The molecule has 3 N–H and O–H groups in total. The normalized spacial score (nSPS) is 18.1. The summed E-state index contributed by atoms with van der Waals surface area (Å²) < 4.78 is 2.22. The van der Waals surface area contributed by atoms with Crippen LogP contribution in [-0.4, -0.2) is 71.3 Å². The Balaban J connectivity index is 1.51. The van der Waals surface area contributed by atoms with E-state index < -0.39 is 0 Å². The molecule has 1 saturated heterocycles. The van der Waals surface area contributed by atoms with Gasteiger partial charge in [-0.2, -0.15) is 4.58 Å². The maximum Gasteiger partial charge on any atom is 0.232 e. The van der Waals surface area contributed by atoms with Crippen molar-refractivity contribution in [1.82, 2.24) is 0 Å². The predicted molar refractivity (Wildman–Crippen MR) is 154 cm³/mol. The van der Waals surface area contributed by atoms with Gasteiger partial charge < -0.3 is 20.4 Å². The van der Waals surface area contributed by atoms with Gasteiger partial charge in [0.15, 0.2) is 5.71 Å². The first-order valence-electron chi connectivity index (χ1n) is 12.3. The Hall–Kier alpha value is -2.26. The molecule has 2 aromatic carbocycles. The molecule has 0 bridgehead atoms. The van der Waals surface area contributed by atoms with Crippen LogP contribution in [0.2, 0.25) is 0 Å². The fourth-order valence-electron chi connectivity index (χ4n) is 4.80. The minimum atomic E-state index is -0.330. The SMILES string of the molecule is C[N+]1=C(/C=C/c2ccc(N(CCO)CCO)cc2)C(C)(C)c2cc(NC(=O)C3(C)CSSC3)ccc21. The van der Waals surface area contributed by atoms with Crippen LogP contribution in [0.3, 0.4) is 0 Å². The fraction of sp³-hybridized carbons (Fsp3) is 0.429. The van der Waals surface area contributed by atoms with E-state index in [9.17, 15) is 15.0 Å². The molecular weight excluding hydrogens is 490 g/mol. The van der Waals surface area contributed by atoms with Gasteiger partial charge in [0, 0.05) is 53.7 Å². The van der Waals surface area contributed by atoms with Gasteiger partial charge in [0.2, 0.25) is 11.6 Å². The van der Waals surface area contributed by atoms with Crippen molar-refractivity contribution in [3.63, 3.8) is 0 Å². The van der Waals surface area contributed by atoms with Crippen LogP contribution in [0.4, 0.5) is 17.1 Å². The lowest BCUT2D eigenvalue weighted by Gasteiger charge is -2.23. The number of fused-ring (bicyclic) bond motifs is 1. The number of anilines is 2. The minimum Gasteiger partial charge on any atom is -0.395 e. The first-order chi connectivity index (χ1) is 17.2. The number of aliphatic hydroxyl groups excluding tert-OH is 2. The van der Waals surface area contributed by atoms with Gasteiger partial charge in [0.05, 0.1) is 24.0 Å². The number of aliphatic hydroxyl groups is 2. The number of amides is 1. The van der Waals surface area contributed by atoms with Crippen LogP contribution >= 0.6 is 21.6 Å². The molecule has 0 saturated carbocycles. The quantitative estimate of drug-likeness (QED) is 0.329. The minimum absolute atomic E-state index is 0.0464. The van der Waals surface area contributed by atoms with Crippen LogP contribution in [0.5, 0.6) is 0 Å². The van der Waals surface area contributed by atoms with Crippen molar-refractivity contribution in [2.45, 2.75) is 26.2 Å². The molecule has 0 unspecified atom stereocenters. The van der Waals surface area contributed by atoms with Crippen LogP contribution in [0.15, 0.2) is 48.5 Å². The number of nitrogens with zero attached hydrogens (tertiary/aromatic N) is 2. The molecule has 192 valence electrons. The molecular formula is C28H36N3O3S2+. The number of hydrogen-bond donors (Lipinski definition) is 3. The smallest absolute Gasteiger partial charge is 0.232 e. The molecule has 0 spiro atoms. The first-order valence-corrected chi connectivity index (χ1v) is 14.7. The predicted octanol–water partition coefficient (Wildman–Crippen LogP) is 4.54. The highest BCUT2D eigenvalue weighted by atomic mass is 33.1. The van der Waals surface area contributed by atoms with Gasteiger partial charge in [-0.25, -0.2) is 0 Å². The van der Waals surface area contributed by atoms with E-state index in [0.717, 1.165) is 34.1 Å². The van der Waals surface area contributed by atoms with E-state index >= 15 is 0 Å². The fourth-order valence-corrected chi connectivity index (χ4v) is 8.14. The first kappa shape index (κ1) is 26.8. The van der Waals surface area contributed by atoms with Crippen molar-refractivity contribution in [2.24, 2.45) is 5.41 Å². The van der Waals surface area contributed by atoms with Gasteiger partial charge in [-0.05, 0) is 56.7 Å². The Morgan fingerprint density at radius 1 is 1.03 bits per heavy atom. The monoisotopic (exact) mass is 526 g/mol. The van der Waals surface area contributed by atoms with Gasteiger partial charge in [0.25, 0.3) is 0 Å². The summed E-state index contributed by atoms with van der Waals surface area (Å²) >= 11 is 0. The second-order valence-electron chi connectivity index (χ2n) is 10.2. The van der Waals surface area contributed by atoms with Crippen LogP contribution in [-0.2, 0) is 10.2 Å². The third-order valence-electron chi connectivity index (χ3n) is 7.11. The molecule has 0 aliphatic carbocycles. The Morgan fingerprint density at radius 3 is 2.28 bits per heavy atom. The number of carbonyl (C=O) groups excluding carboxylic acids is 1. The van der Waals surface area contributed by atoms with E-state index in [2.05, 4.69) is 67.2 Å².